The number of thiophene rings is 1. The van der Waals surface area contributed by atoms with Gasteiger partial charge in [-0.25, -0.2) is 9.97 Å². The van der Waals surface area contributed by atoms with Gasteiger partial charge in [0, 0.05) is 4.88 Å². The Hall–Kier alpha value is -1.13. The molecule has 0 radical (unpaired) electrons. The minimum Gasteiger partial charge on any atom is -0.349 e. The molecule has 0 aromatic carbocycles. The number of nitrogens with one attached hydrogen (secondary N) is 1. The molecule has 0 aliphatic rings. The number of hydrogen-bond acceptors (Lipinski definition) is 4. The predicted molar refractivity (Wildman–Crippen MR) is 58.7 cm³/mol. The van der Waals surface area contributed by atoms with Gasteiger partial charge in [0.1, 0.15) is 0 Å². The summed E-state index contributed by atoms with van der Waals surface area (Å²) < 4.78 is 0. The molecule has 0 spiro atoms. The summed E-state index contributed by atoms with van der Waals surface area (Å²) in [6.45, 7) is 0.749. The molecule has 14 heavy (non-hydrogen) atoms. The molecular weight excluding hydrogens is 218 g/mol. The van der Waals surface area contributed by atoms with E-state index < -0.39 is 0 Å². The predicted octanol–water partition coefficient (Wildman–Crippen LogP) is 2.80. The minimum atomic E-state index is 0.548. The first-order valence-corrected chi connectivity index (χ1v) is 5.34. The monoisotopic (exact) mass is 225 g/mol. The van der Waals surface area contributed by atoms with Crippen LogP contribution < -0.4 is 5.32 Å². The Morgan fingerprint density at radius 3 is 2.79 bits per heavy atom. The number of aromatic nitrogens is 2. The Bertz CT molecular complexity index is 385. The Labute approximate surface area is 90.8 Å². The van der Waals surface area contributed by atoms with Gasteiger partial charge in [0.05, 0.1) is 24.0 Å². The van der Waals surface area contributed by atoms with Gasteiger partial charge in [0.2, 0.25) is 5.95 Å². The van der Waals surface area contributed by atoms with E-state index in [1.165, 1.54) is 4.88 Å². The molecule has 2 heterocycles. The van der Waals surface area contributed by atoms with Crippen molar-refractivity contribution in [3.05, 3.63) is 39.8 Å². The lowest BCUT2D eigenvalue weighted by Gasteiger charge is -2.01. The summed E-state index contributed by atoms with van der Waals surface area (Å²) in [6.07, 6.45) is 3.15. The SMILES string of the molecule is Clc1cnc(NCc2cccs2)nc1. The van der Waals surface area contributed by atoms with Crippen LogP contribution in [0.1, 0.15) is 4.88 Å². The summed E-state index contributed by atoms with van der Waals surface area (Å²) >= 11 is 7.36. The Balaban J connectivity index is 1.95. The van der Waals surface area contributed by atoms with Crippen molar-refractivity contribution in [1.29, 1.82) is 0 Å². The summed E-state index contributed by atoms with van der Waals surface area (Å²) in [5.41, 5.74) is 0. The molecule has 0 atom stereocenters. The van der Waals surface area contributed by atoms with E-state index in [0.29, 0.717) is 11.0 Å². The van der Waals surface area contributed by atoms with Crippen LogP contribution in [0.15, 0.2) is 29.9 Å². The fourth-order valence-electron chi connectivity index (χ4n) is 0.983. The lowest BCUT2D eigenvalue weighted by molar-refractivity contribution is 1.07. The molecule has 0 saturated carbocycles. The molecule has 1 N–H and O–H groups in total. The van der Waals surface area contributed by atoms with Crippen LogP contribution in [0.5, 0.6) is 0 Å². The summed E-state index contributed by atoms with van der Waals surface area (Å²) in [5.74, 6) is 0.600. The van der Waals surface area contributed by atoms with Crippen molar-refractivity contribution in [2.24, 2.45) is 0 Å². The van der Waals surface area contributed by atoms with E-state index in [0.717, 1.165) is 6.54 Å². The lowest BCUT2D eigenvalue weighted by atomic mass is 10.5. The molecule has 0 saturated heterocycles. The summed E-state index contributed by atoms with van der Waals surface area (Å²) in [6, 6.07) is 4.08. The third-order valence-corrected chi connectivity index (χ3v) is 2.69. The van der Waals surface area contributed by atoms with Crippen LogP contribution in [0.2, 0.25) is 5.02 Å². The van der Waals surface area contributed by atoms with E-state index in [-0.39, 0.29) is 0 Å². The maximum absolute atomic E-state index is 5.66. The highest BCUT2D eigenvalue weighted by Crippen LogP contribution is 2.11. The van der Waals surface area contributed by atoms with Crippen LogP contribution in [-0.4, -0.2) is 9.97 Å². The van der Waals surface area contributed by atoms with Gasteiger partial charge < -0.3 is 5.32 Å². The zero-order chi connectivity index (χ0) is 9.80. The van der Waals surface area contributed by atoms with Gasteiger partial charge in [-0.2, -0.15) is 0 Å². The number of anilines is 1. The summed E-state index contributed by atoms with van der Waals surface area (Å²) in [4.78, 5) is 9.31. The smallest absolute Gasteiger partial charge is 0.222 e. The molecule has 5 heteroatoms. The van der Waals surface area contributed by atoms with Crippen molar-refractivity contribution in [2.45, 2.75) is 6.54 Å². The topological polar surface area (TPSA) is 37.8 Å². The van der Waals surface area contributed by atoms with Crippen molar-refractivity contribution in [3.8, 4) is 0 Å². The van der Waals surface area contributed by atoms with Crippen molar-refractivity contribution in [1.82, 2.24) is 9.97 Å². The molecule has 0 aliphatic heterocycles. The number of nitrogens with zero attached hydrogens (tertiary/aromatic N) is 2. The normalized spacial score (nSPS) is 10.1. The maximum atomic E-state index is 5.66. The number of rotatable bonds is 3. The molecule has 0 bridgehead atoms. The standard InChI is InChI=1S/C9H8ClN3S/c10-7-4-11-9(12-5-7)13-6-8-2-1-3-14-8/h1-5H,6H2,(H,11,12,13). The molecule has 3 nitrogen and oxygen atoms in total. The average Bonchev–Trinajstić information content (AvgIpc) is 2.70. The minimum absolute atomic E-state index is 0.548. The fraction of sp³-hybridized carbons (Fsp3) is 0.111. The van der Waals surface area contributed by atoms with E-state index in [2.05, 4.69) is 21.4 Å². The quantitative estimate of drug-likeness (QED) is 0.873. The van der Waals surface area contributed by atoms with E-state index in [1.54, 1.807) is 23.7 Å². The highest BCUT2D eigenvalue weighted by atomic mass is 35.5. The summed E-state index contributed by atoms with van der Waals surface area (Å²) in [7, 11) is 0. The van der Waals surface area contributed by atoms with E-state index in [1.807, 2.05) is 11.4 Å². The molecule has 0 aliphatic carbocycles. The molecule has 2 aromatic rings. The zero-order valence-electron chi connectivity index (χ0n) is 7.27. The van der Waals surface area contributed by atoms with Crippen LogP contribution in [-0.2, 0) is 6.54 Å². The summed E-state index contributed by atoms with van der Waals surface area (Å²) in [5, 5.41) is 5.69. The average molecular weight is 226 g/mol. The first-order chi connectivity index (χ1) is 6.84. The van der Waals surface area contributed by atoms with Crippen molar-refractivity contribution >= 4 is 28.9 Å². The molecule has 2 rings (SSSR count). The third kappa shape index (κ3) is 2.43. The van der Waals surface area contributed by atoms with Gasteiger partial charge in [-0.1, -0.05) is 17.7 Å². The van der Waals surface area contributed by atoms with Gasteiger partial charge in [-0.05, 0) is 11.4 Å². The van der Waals surface area contributed by atoms with Crippen LogP contribution in [0.3, 0.4) is 0 Å². The molecule has 2 aromatic heterocycles. The highest BCUT2D eigenvalue weighted by Gasteiger charge is 1.96. The van der Waals surface area contributed by atoms with Gasteiger partial charge in [-0.15, -0.1) is 11.3 Å². The largest absolute Gasteiger partial charge is 0.349 e. The van der Waals surface area contributed by atoms with Crippen molar-refractivity contribution < 1.29 is 0 Å². The molecule has 0 unspecified atom stereocenters. The second-order valence-corrected chi connectivity index (χ2v) is 4.13. The van der Waals surface area contributed by atoms with E-state index in [9.17, 15) is 0 Å². The molecule has 0 amide bonds. The van der Waals surface area contributed by atoms with Crippen LogP contribution >= 0.6 is 22.9 Å². The highest BCUT2D eigenvalue weighted by molar-refractivity contribution is 7.09. The van der Waals surface area contributed by atoms with Crippen molar-refractivity contribution in [3.63, 3.8) is 0 Å². The van der Waals surface area contributed by atoms with Crippen molar-refractivity contribution in [2.75, 3.05) is 5.32 Å². The second kappa shape index (κ2) is 4.39. The molecule has 0 fully saturated rings. The molecular formula is C9H8ClN3S. The van der Waals surface area contributed by atoms with Crippen LogP contribution in [0.4, 0.5) is 5.95 Å². The Morgan fingerprint density at radius 1 is 1.36 bits per heavy atom. The van der Waals surface area contributed by atoms with Gasteiger partial charge in [0.15, 0.2) is 0 Å². The second-order valence-electron chi connectivity index (χ2n) is 2.66. The maximum Gasteiger partial charge on any atom is 0.222 e. The first kappa shape index (κ1) is 9.43. The first-order valence-electron chi connectivity index (χ1n) is 4.08. The molecule has 72 valence electrons. The van der Waals surface area contributed by atoms with Gasteiger partial charge in [0.25, 0.3) is 0 Å². The third-order valence-electron chi connectivity index (χ3n) is 1.62. The fourth-order valence-corrected chi connectivity index (χ4v) is 1.73. The van der Waals surface area contributed by atoms with E-state index >= 15 is 0 Å². The van der Waals surface area contributed by atoms with E-state index in [4.69, 9.17) is 11.6 Å². The van der Waals surface area contributed by atoms with Gasteiger partial charge >= 0.3 is 0 Å². The zero-order valence-corrected chi connectivity index (χ0v) is 8.85. The van der Waals surface area contributed by atoms with Crippen LogP contribution in [0, 0.1) is 0 Å². The van der Waals surface area contributed by atoms with Crippen LogP contribution in [0.25, 0.3) is 0 Å². The van der Waals surface area contributed by atoms with Gasteiger partial charge in [-0.3, -0.25) is 0 Å². The lowest BCUT2D eigenvalue weighted by Crippen LogP contribution is -2.01. The Morgan fingerprint density at radius 2 is 2.14 bits per heavy atom. The Kier molecular flexibility index (Phi) is 2.96. The number of hydrogen-bond donors (Lipinski definition) is 1. The number of halogens is 1.